The van der Waals surface area contributed by atoms with Gasteiger partial charge in [0.2, 0.25) is 5.91 Å². The number of hydrogen-bond acceptors (Lipinski definition) is 7. The van der Waals surface area contributed by atoms with Crippen LogP contribution in [0.4, 0.5) is 0 Å². The first kappa shape index (κ1) is 27.7. The molecule has 1 saturated heterocycles. The van der Waals surface area contributed by atoms with Crippen LogP contribution in [-0.4, -0.2) is 52.7 Å². The minimum atomic E-state index is -0.766. The standard InChI is InChI=1S/C32H32N4O5S/c1-4-41-31(39)28-20(2)33-32-36(29(28)23-12-6-8-14-25(23)40-3)30(38)26(42-32)17-21-18-35(24-13-7-5-11-22(21)24)19-27(37)34-15-9-10-16-34/h5-8,11-14,17-18,29H,4,9-10,15-16,19H2,1-3H3/b26-17+/t29-/m0/s1. The number of carbonyl (C=O) groups is 2. The number of amides is 1. The van der Waals surface area contributed by atoms with Crippen molar-refractivity contribution in [2.24, 2.45) is 4.99 Å². The Balaban J connectivity index is 1.50. The number of fused-ring (bicyclic) bond motifs is 2. The normalized spacial score (nSPS) is 17.0. The van der Waals surface area contributed by atoms with Crippen LogP contribution >= 0.6 is 11.3 Å². The number of carbonyl (C=O) groups excluding carboxylic acids is 2. The number of nitrogens with zero attached hydrogens (tertiary/aromatic N) is 4. The summed E-state index contributed by atoms with van der Waals surface area (Å²) in [7, 11) is 1.56. The Hall–Kier alpha value is -4.44. The molecule has 2 aromatic carbocycles. The molecule has 216 valence electrons. The Kier molecular flexibility index (Phi) is 7.55. The monoisotopic (exact) mass is 584 g/mol. The first-order valence-electron chi connectivity index (χ1n) is 14.1. The van der Waals surface area contributed by atoms with Crippen LogP contribution in [0, 0.1) is 0 Å². The minimum absolute atomic E-state index is 0.0953. The van der Waals surface area contributed by atoms with E-state index in [2.05, 4.69) is 4.99 Å². The van der Waals surface area contributed by atoms with E-state index >= 15 is 0 Å². The lowest BCUT2D eigenvalue weighted by molar-refractivity contribution is -0.139. The van der Waals surface area contributed by atoms with Crippen molar-refractivity contribution < 1.29 is 19.1 Å². The van der Waals surface area contributed by atoms with Gasteiger partial charge < -0.3 is 18.9 Å². The van der Waals surface area contributed by atoms with Crippen molar-refractivity contribution in [2.75, 3.05) is 26.8 Å². The number of methoxy groups -OCH3 is 1. The van der Waals surface area contributed by atoms with Crippen LogP contribution in [0.1, 0.15) is 43.9 Å². The molecule has 0 radical (unpaired) electrons. The smallest absolute Gasteiger partial charge is 0.338 e. The Morgan fingerprint density at radius 1 is 1.10 bits per heavy atom. The zero-order valence-electron chi connectivity index (χ0n) is 23.8. The average molecular weight is 585 g/mol. The second kappa shape index (κ2) is 11.4. The maximum Gasteiger partial charge on any atom is 0.338 e. The predicted octanol–water partition coefficient (Wildman–Crippen LogP) is 3.38. The third kappa shape index (κ3) is 4.85. The molecule has 6 rings (SSSR count). The Labute approximate surface area is 246 Å². The van der Waals surface area contributed by atoms with E-state index in [-0.39, 0.29) is 24.6 Å². The van der Waals surface area contributed by atoms with E-state index < -0.39 is 12.0 Å². The van der Waals surface area contributed by atoms with Gasteiger partial charge in [-0.2, -0.15) is 0 Å². The van der Waals surface area contributed by atoms with Gasteiger partial charge >= 0.3 is 5.97 Å². The molecule has 0 bridgehead atoms. The van der Waals surface area contributed by atoms with E-state index in [1.165, 1.54) is 11.3 Å². The number of ether oxygens (including phenoxy) is 2. The molecule has 0 saturated carbocycles. The SMILES string of the molecule is CCOC(=O)C1=C(C)N=c2s/c(=C/c3cn(CC(=O)N4CCCC4)c4ccccc34)c(=O)n2[C@H]1c1ccccc1OC. The van der Waals surface area contributed by atoms with E-state index in [0.717, 1.165) is 42.4 Å². The average Bonchev–Trinajstić information content (AvgIpc) is 3.72. The third-order valence-corrected chi connectivity index (χ3v) is 8.80. The number of aromatic nitrogens is 2. The molecule has 0 N–H and O–H groups in total. The highest BCUT2D eigenvalue weighted by Crippen LogP contribution is 2.35. The molecule has 0 unspecified atom stereocenters. The van der Waals surface area contributed by atoms with Crippen molar-refractivity contribution in [1.82, 2.24) is 14.0 Å². The van der Waals surface area contributed by atoms with Gasteiger partial charge in [0.05, 0.1) is 29.5 Å². The number of benzene rings is 2. The quantitative estimate of drug-likeness (QED) is 0.311. The number of likely N-dealkylation sites (tertiary alicyclic amines) is 1. The van der Waals surface area contributed by atoms with Crippen molar-refractivity contribution >= 4 is 40.2 Å². The number of esters is 1. The summed E-state index contributed by atoms with van der Waals surface area (Å²) in [4.78, 5) is 47.4. The topological polar surface area (TPSA) is 95.1 Å². The Morgan fingerprint density at radius 2 is 1.83 bits per heavy atom. The number of para-hydroxylation sites is 2. The minimum Gasteiger partial charge on any atom is -0.496 e. The molecule has 10 heteroatoms. The first-order chi connectivity index (χ1) is 20.4. The van der Waals surface area contributed by atoms with Crippen molar-refractivity contribution in [3.8, 4) is 5.75 Å². The Bertz CT molecular complexity index is 1910. The lowest BCUT2D eigenvalue weighted by Crippen LogP contribution is -2.40. The number of hydrogen-bond donors (Lipinski definition) is 0. The summed E-state index contributed by atoms with van der Waals surface area (Å²) in [6, 6.07) is 14.5. The van der Waals surface area contributed by atoms with Gasteiger partial charge in [0.1, 0.15) is 18.3 Å². The zero-order valence-corrected chi connectivity index (χ0v) is 24.6. The van der Waals surface area contributed by atoms with Crippen LogP contribution in [0.25, 0.3) is 17.0 Å². The molecule has 2 aliphatic heterocycles. The number of allylic oxidation sites excluding steroid dienone is 1. The maximum absolute atomic E-state index is 14.1. The molecule has 42 heavy (non-hydrogen) atoms. The van der Waals surface area contributed by atoms with Gasteiger partial charge in [0, 0.05) is 41.3 Å². The maximum atomic E-state index is 14.1. The highest BCUT2D eigenvalue weighted by atomic mass is 32.1. The predicted molar refractivity (Wildman–Crippen MR) is 161 cm³/mol. The van der Waals surface area contributed by atoms with Crippen LogP contribution in [-0.2, 0) is 20.9 Å². The summed E-state index contributed by atoms with van der Waals surface area (Å²) < 4.78 is 15.0. The van der Waals surface area contributed by atoms with Crippen molar-refractivity contribution in [3.63, 3.8) is 0 Å². The van der Waals surface area contributed by atoms with Gasteiger partial charge in [-0.25, -0.2) is 9.79 Å². The van der Waals surface area contributed by atoms with Crippen LogP contribution in [0.5, 0.6) is 5.75 Å². The number of thiazole rings is 1. The van der Waals surface area contributed by atoms with Crippen LogP contribution < -0.4 is 19.6 Å². The van der Waals surface area contributed by atoms with E-state index in [9.17, 15) is 14.4 Å². The fourth-order valence-electron chi connectivity index (χ4n) is 5.85. The van der Waals surface area contributed by atoms with E-state index in [0.29, 0.717) is 31.9 Å². The van der Waals surface area contributed by atoms with Crippen molar-refractivity contribution in [1.29, 1.82) is 0 Å². The lowest BCUT2D eigenvalue weighted by atomic mass is 9.95. The van der Waals surface area contributed by atoms with Crippen LogP contribution in [0.3, 0.4) is 0 Å². The molecule has 4 heterocycles. The summed E-state index contributed by atoms with van der Waals surface area (Å²) in [5, 5.41) is 0.947. The summed E-state index contributed by atoms with van der Waals surface area (Å²) in [6.45, 7) is 5.54. The second-order valence-electron chi connectivity index (χ2n) is 10.4. The van der Waals surface area contributed by atoms with Crippen LogP contribution in [0.15, 0.2) is 75.8 Å². The largest absolute Gasteiger partial charge is 0.496 e. The number of rotatable bonds is 7. The van der Waals surface area contributed by atoms with Gasteiger partial charge in [-0.3, -0.25) is 14.2 Å². The third-order valence-electron chi connectivity index (χ3n) is 7.82. The van der Waals surface area contributed by atoms with E-state index in [1.54, 1.807) is 25.5 Å². The highest BCUT2D eigenvalue weighted by molar-refractivity contribution is 7.07. The van der Waals surface area contributed by atoms with Crippen molar-refractivity contribution in [2.45, 2.75) is 39.3 Å². The van der Waals surface area contributed by atoms with Gasteiger partial charge in [-0.1, -0.05) is 47.7 Å². The molecular formula is C32H32N4O5S. The molecule has 9 nitrogen and oxygen atoms in total. The summed E-state index contributed by atoms with van der Waals surface area (Å²) >= 11 is 1.27. The molecule has 1 atom stereocenters. The van der Waals surface area contributed by atoms with Crippen molar-refractivity contribution in [3.05, 3.63) is 96.8 Å². The van der Waals surface area contributed by atoms with E-state index in [4.69, 9.17) is 9.47 Å². The molecule has 0 aliphatic carbocycles. The molecule has 4 aromatic rings. The summed E-state index contributed by atoms with van der Waals surface area (Å²) in [5.74, 6) is 0.131. The lowest BCUT2D eigenvalue weighted by Gasteiger charge is -2.25. The first-order valence-corrected chi connectivity index (χ1v) is 14.9. The fraction of sp³-hybridized carbons (Fsp3) is 0.312. The van der Waals surface area contributed by atoms with Crippen LogP contribution in [0.2, 0.25) is 0 Å². The summed E-state index contributed by atoms with van der Waals surface area (Å²) in [5.41, 5.74) is 2.96. The second-order valence-corrected chi connectivity index (χ2v) is 11.4. The Morgan fingerprint density at radius 3 is 2.60 bits per heavy atom. The molecule has 0 spiro atoms. The molecule has 1 amide bonds. The fourth-order valence-corrected chi connectivity index (χ4v) is 6.89. The van der Waals surface area contributed by atoms with Gasteiger partial charge in [-0.15, -0.1) is 0 Å². The zero-order chi connectivity index (χ0) is 29.4. The van der Waals surface area contributed by atoms with Gasteiger partial charge in [0.25, 0.3) is 5.56 Å². The molecular weight excluding hydrogens is 552 g/mol. The van der Waals surface area contributed by atoms with E-state index in [1.807, 2.05) is 70.3 Å². The summed E-state index contributed by atoms with van der Waals surface area (Å²) in [6.07, 6.45) is 5.87. The highest BCUT2D eigenvalue weighted by Gasteiger charge is 2.35. The molecule has 1 fully saturated rings. The molecule has 2 aliphatic rings. The molecule has 2 aromatic heterocycles. The van der Waals surface area contributed by atoms with Gasteiger partial charge in [0.15, 0.2) is 4.80 Å². The van der Waals surface area contributed by atoms with Gasteiger partial charge in [-0.05, 0) is 44.9 Å².